The van der Waals surface area contributed by atoms with E-state index < -0.39 is 0 Å². The van der Waals surface area contributed by atoms with Gasteiger partial charge in [-0.15, -0.1) is 11.3 Å². The lowest BCUT2D eigenvalue weighted by molar-refractivity contribution is 0.102. The van der Waals surface area contributed by atoms with Crippen LogP contribution in [0.25, 0.3) is 10.2 Å². The highest BCUT2D eigenvalue weighted by atomic mass is 79.9. The van der Waals surface area contributed by atoms with Crippen LogP contribution in [0.2, 0.25) is 0 Å². The second kappa shape index (κ2) is 9.07. The monoisotopic (exact) mass is 500 g/mol. The highest BCUT2D eigenvalue weighted by molar-refractivity contribution is 9.10. The van der Waals surface area contributed by atoms with Crippen LogP contribution in [0.15, 0.2) is 74.5 Å². The number of rotatable bonds is 6. The van der Waals surface area contributed by atoms with Crippen LogP contribution in [0.3, 0.4) is 0 Å². The van der Waals surface area contributed by atoms with E-state index >= 15 is 0 Å². The summed E-state index contributed by atoms with van der Waals surface area (Å²) in [5.41, 5.74) is 2.67. The highest BCUT2D eigenvalue weighted by Crippen LogP contribution is 2.32. The molecular weight excluding hydrogens is 487 g/mol. The zero-order chi connectivity index (χ0) is 21.1. The largest absolute Gasteiger partial charge is 0.507 e. The van der Waals surface area contributed by atoms with E-state index in [-0.39, 0.29) is 23.1 Å². The standard InChI is InChI=1S/C22H14BrFN2O2S2/c23-15-3-8-19(27)14(9-15)11-25-17-6-7-18-21(10-17)30-22(26-18)29-12-20(28)13-1-4-16(24)5-2-13/h1-11,27H,12H2. The summed E-state index contributed by atoms with van der Waals surface area (Å²) in [6.07, 6.45) is 1.61. The molecule has 3 aromatic carbocycles. The minimum absolute atomic E-state index is 0.0709. The smallest absolute Gasteiger partial charge is 0.173 e. The maximum atomic E-state index is 13.0. The van der Waals surface area contributed by atoms with Crippen LogP contribution >= 0.6 is 39.0 Å². The van der Waals surface area contributed by atoms with Crippen LogP contribution in [0, 0.1) is 5.82 Å². The SMILES string of the molecule is O=C(CSc1nc2ccc(N=Cc3cc(Br)ccc3O)cc2s1)c1ccc(F)cc1. The van der Waals surface area contributed by atoms with Crippen molar-refractivity contribution in [3.05, 3.63) is 82.1 Å². The van der Waals surface area contributed by atoms with Gasteiger partial charge in [0.05, 0.1) is 21.7 Å². The highest BCUT2D eigenvalue weighted by Gasteiger charge is 2.10. The topological polar surface area (TPSA) is 62.5 Å². The van der Waals surface area contributed by atoms with Gasteiger partial charge in [0.25, 0.3) is 0 Å². The van der Waals surface area contributed by atoms with Crippen molar-refractivity contribution in [3.63, 3.8) is 0 Å². The summed E-state index contributed by atoms with van der Waals surface area (Å²) in [5, 5.41) is 9.92. The first-order valence-electron chi connectivity index (χ1n) is 8.83. The van der Waals surface area contributed by atoms with E-state index in [2.05, 4.69) is 25.9 Å². The summed E-state index contributed by atoms with van der Waals surface area (Å²) in [7, 11) is 0. The van der Waals surface area contributed by atoms with Gasteiger partial charge in [0.15, 0.2) is 10.1 Å². The third kappa shape index (κ3) is 4.95. The Hall–Kier alpha value is -2.55. The quantitative estimate of drug-likeness (QED) is 0.183. The van der Waals surface area contributed by atoms with Crippen molar-refractivity contribution in [3.8, 4) is 5.75 Å². The molecule has 0 amide bonds. The molecule has 0 unspecified atom stereocenters. The summed E-state index contributed by atoms with van der Waals surface area (Å²) >= 11 is 6.23. The number of aliphatic imine (C=N–C) groups is 1. The fourth-order valence-corrected chi connectivity index (χ4v) is 5.03. The Labute approximate surface area is 188 Å². The lowest BCUT2D eigenvalue weighted by Crippen LogP contribution is -2.01. The molecule has 0 aliphatic heterocycles. The molecule has 1 aromatic heterocycles. The van der Waals surface area contributed by atoms with Crippen LogP contribution in [-0.4, -0.2) is 27.8 Å². The first kappa shape index (κ1) is 20.7. The number of nitrogens with zero attached hydrogens (tertiary/aromatic N) is 2. The Balaban J connectivity index is 1.47. The number of carbonyl (C=O) groups is 1. The number of carbonyl (C=O) groups excluding carboxylic acids is 1. The van der Waals surface area contributed by atoms with Crippen LogP contribution in [-0.2, 0) is 0 Å². The van der Waals surface area contributed by atoms with Gasteiger partial charge in [-0.2, -0.15) is 0 Å². The lowest BCUT2D eigenvalue weighted by atomic mass is 10.1. The summed E-state index contributed by atoms with van der Waals surface area (Å²) in [6, 6.07) is 16.4. The number of halogens is 2. The van der Waals surface area contributed by atoms with Gasteiger partial charge in [0.1, 0.15) is 11.6 Å². The zero-order valence-electron chi connectivity index (χ0n) is 15.4. The van der Waals surface area contributed by atoms with Crippen molar-refractivity contribution in [1.82, 2.24) is 4.98 Å². The Morgan fingerprint density at radius 1 is 1.17 bits per heavy atom. The minimum atomic E-state index is -0.362. The van der Waals surface area contributed by atoms with Gasteiger partial charge in [0.2, 0.25) is 0 Å². The Kier molecular flexibility index (Phi) is 6.26. The van der Waals surface area contributed by atoms with Gasteiger partial charge >= 0.3 is 0 Å². The van der Waals surface area contributed by atoms with Crippen LogP contribution < -0.4 is 0 Å². The van der Waals surface area contributed by atoms with Crippen LogP contribution in [0.4, 0.5) is 10.1 Å². The zero-order valence-corrected chi connectivity index (χ0v) is 18.6. The number of hydrogen-bond donors (Lipinski definition) is 1. The van der Waals surface area contributed by atoms with E-state index in [1.807, 2.05) is 18.2 Å². The average molecular weight is 501 g/mol. The number of benzene rings is 3. The minimum Gasteiger partial charge on any atom is -0.507 e. The molecule has 1 heterocycles. The number of fused-ring (bicyclic) bond motifs is 1. The van der Waals surface area contributed by atoms with Gasteiger partial charge in [-0.3, -0.25) is 9.79 Å². The molecule has 0 spiro atoms. The van der Waals surface area contributed by atoms with Gasteiger partial charge in [0, 0.05) is 21.8 Å². The fraction of sp³-hybridized carbons (Fsp3) is 0.0455. The molecule has 0 atom stereocenters. The molecule has 150 valence electrons. The van der Waals surface area contributed by atoms with Crippen LogP contribution in [0.5, 0.6) is 5.75 Å². The molecule has 0 saturated heterocycles. The maximum Gasteiger partial charge on any atom is 0.173 e. The number of thiazole rings is 1. The first-order valence-corrected chi connectivity index (χ1v) is 11.4. The molecule has 0 bridgehead atoms. The van der Waals surface area contributed by atoms with Gasteiger partial charge in [-0.1, -0.05) is 27.7 Å². The number of aromatic hydroxyl groups is 1. The summed E-state index contributed by atoms with van der Waals surface area (Å²) in [5.74, 6) is -0.0406. The molecule has 1 N–H and O–H groups in total. The second-order valence-corrected chi connectivity index (χ2v) is 9.48. The molecule has 30 heavy (non-hydrogen) atoms. The predicted octanol–water partition coefficient (Wildman–Crippen LogP) is 6.63. The van der Waals surface area contributed by atoms with E-state index in [0.29, 0.717) is 11.1 Å². The van der Waals surface area contributed by atoms with Crippen molar-refractivity contribution in [1.29, 1.82) is 0 Å². The molecule has 4 nitrogen and oxygen atoms in total. The lowest BCUT2D eigenvalue weighted by Gasteiger charge is -1.99. The van der Waals surface area contributed by atoms with Crippen molar-refractivity contribution in [2.75, 3.05) is 5.75 Å². The molecule has 0 saturated carbocycles. The van der Waals surface area contributed by atoms with Gasteiger partial charge in [-0.25, -0.2) is 9.37 Å². The summed E-state index contributed by atoms with van der Waals surface area (Å²) in [6.45, 7) is 0. The predicted molar refractivity (Wildman–Crippen MR) is 124 cm³/mol. The third-order valence-electron chi connectivity index (χ3n) is 4.19. The number of thioether (sulfide) groups is 1. The fourth-order valence-electron chi connectivity index (χ4n) is 2.65. The number of Topliss-reactive ketones (excluding diaryl/α,β-unsaturated/α-hetero) is 1. The molecular formula is C22H14BrFN2O2S2. The molecule has 4 rings (SSSR count). The van der Waals surface area contributed by atoms with E-state index in [0.717, 1.165) is 24.7 Å². The van der Waals surface area contributed by atoms with E-state index in [4.69, 9.17) is 0 Å². The second-order valence-electron chi connectivity index (χ2n) is 6.31. The number of phenols is 1. The van der Waals surface area contributed by atoms with E-state index in [1.54, 1.807) is 24.4 Å². The molecule has 0 aliphatic carbocycles. The van der Waals surface area contributed by atoms with Gasteiger partial charge < -0.3 is 5.11 Å². The van der Waals surface area contributed by atoms with E-state index in [1.165, 1.54) is 47.4 Å². The molecule has 0 aliphatic rings. The number of phenolic OH excluding ortho intramolecular Hbond substituents is 1. The van der Waals surface area contributed by atoms with Crippen molar-refractivity contribution < 1.29 is 14.3 Å². The third-order valence-corrected chi connectivity index (χ3v) is 6.84. The number of aromatic nitrogens is 1. The normalized spacial score (nSPS) is 11.4. The average Bonchev–Trinajstić information content (AvgIpc) is 3.15. The molecule has 4 aromatic rings. The maximum absolute atomic E-state index is 13.0. The first-order chi connectivity index (χ1) is 14.5. The van der Waals surface area contributed by atoms with Crippen molar-refractivity contribution >= 4 is 66.9 Å². The number of hydrogen-bond acceptors (Lipinski definition) is 6. The van der Waals surface area contributed by atoms with Gasteiger partial charge in [-0.05, 0) is 60.7 Å². The number of ketones is 1. The molecule has 0 radical (unpaired) electrons. The summed E-state index contributed by atoms with van der Waals surface area (Å²) < 4.78 is 15.6. The van der Waals surface area contributed by atoms with Crippen molar-refractivity contribution in [2.24, 2.45) is 4.99 Å². The Morgan fingerprint density at radius 3 is 2.77 bits per heavy atom. The molecule has 0 fully saturated rings. The van der Waals surface area contributed by atoms with E-state index in [9.17, 15) is 14.3 Å². The Morgan fingerprint density at radius 2 is 1.97 bits per heavy atom. The Bertz CT molecular complexity index is 1260. The van der Waals surface area contributed by atoms with Crippen molar-refractivity contribution in [2.45, 2.75) is 4.34 Å². The van der Waals surface area contributed by atoms with Crippen LogP contribution in [0.1, 0.15) is 15.9 Å². The molecule has 8 heteroatoms. The summed E-state index contributed by atoms with van der Waals surface area (Å²) in [4.78, 5) is 21.2.